The molecular formula is C14H15F5N10O. The fraction of sp³-hybridized carbons (Fsp3) is 0.643. The van der Waals surface area contributed by atoms with Gasteiger partial charge in [-0.05, 0) is 17.4 Å². The van der Waals surface area contributed by atoms with Crippen LogP contribution in [0.4, 0.5) is 27.8 Å². The molecule has 30 heavy (non-hydrogen) atoms. The molecule has 11 nitrogen and oxygen atoms in total. The highest BCUT2D eigenvalue weighted by Crippen LogP contribution is 2.34. The van der Waals surface area contributed by atoms with E-state index in [4.69, 9.17) is 4.74 Å². The molecule has 0 aromatic carbocycles. The Bertz CT molecular complexity index is 1060. The summed E-state index contributed by atoms with van der Waals surface area (Å²) in [6, 6.07) is -0.634. The van der Waals surface area contributed by atoms with Crippen molar-refractivity contribution in [1.82, 2.24) is 45.2 Å². The molecule has 1 fully saturated rings. The van der Waals surface area contributed by atoms with E-state index in [1.165, 1.54) is 9.58 Å². The summed E-state index contributed by atoms with van der Waals surface area (Å²) in [6.45, 7) is 0.0840. The van der Waals surface area contributed by atoms with Gasteiger partial charge in [0.25, 0.3) is 5.92 Å². The standard InChI is InChI=1S/C14H15F5N10O/c1-7(14(17,18)19)30-12-20-10-9(11(21-12)28-4-3-13(15,16)6-28)23-29(24-10)5-8-22-25-26-27(8)2/h7H,3-6H2,1-2H3. The number of aromatic nitrogens is 9. The molecule has 0 aliphatic carbocycles. The predicted molar refractivity (Wildman–Crippen MR) is 88.9 cm³/mol. The van der Waals surface area contributed by atoms with Gasteiger partial charge in [-0.1, -0.05) is 0 Å². The van der Waals surface area contributed by atoms with Crippen LogP contribution < -0.4 is 9.64 Å². The number of hydrogen-bond acceptors (Lipinski definition) is 9. The molecule has 1 atom stereocenters. The van der Waals surface area contributed by atoms with Crippen molar-refractivity contribution >= 4 is 17.0 Å². The number of alkyl halides is 5. The number of halogens is 5. The molecule has 3 aromatic heterocycles. The van der Waals surface area contributed by atoms with Crippen LogP contribution in [0.1, 0.15) is 19.2 Å². The average molecular weight is 434 g/mol. The largest absolute Gasteiger partial charge is 0.451 e. The number of nitrogens with zero attached hydrogens (tertiary/aromatic N) is 10. The van der Waals surface area contributed by atoms with Gasteiger partial charge in [0, 0.05) is 20.0 Å². The van der Waals surface area contributed by atoms with Crippen molar-refractivity contribution in [3.8, 4) is 6.01 Å². The summed E-state index contributed by atoms with van der Waals surface area (Å²) >= 11 is 0. The summed E-state index contributed by atoms with van der Waals surface area (Å²) in [6.07, 6.45) is -7.29. The van der Waals surface area contributed by atoms with Gasteiger partial charge in [0.2, 0.25) is 5.65 Å². The number of hydrogen-bond donors (Lipinski definition) is 0. The van der Waals surface area contributed by atoms with Crippen LogP contribution in [-0.2, 0) is 13.6 Å². The quantitative estimate of drug-likeness (QED) is 0.542. The Labute approximate surface area is 164 Å². The highest BCUT2D eigenvalue weighted by molar-refractivity contribution is 5.83. The lowest BCUT2D eigenvalue weighted by molar-refractivity contribution is -0.190. The van der Waals surface area contributed by atoms with Crippen LogP contribution in [0.25, 0.3) is 11.2 Å². The normalized spacial score (nSPS) is 17.6. The maximum atomic E-state index is 13.7. The van der Waals surface area contributed by atoms with E-state index >= 15 is 0 Å². The van der Waals surface area contributed by atoms with Crippen molar-refractivity contribution < 1.29 is 26.7 Å². The second-order valence-electron chi connectivity index (χ2n) is 6.78. The number of tetrazole rings is 1. The first-order valence-corrected chi connectivity index (χ1v) is 8.72. The molecule has 0 radical (unpaired) electrons. The van der Waals surface area contributed by atoms with Gasteiger partial charge in [0.15, 0.2) is 23.3 Å². The third kappa shape index (κ3) is 3.93. The predicted octanol–water partition coefficient (Wildman–Crippen LogP) is 0.968. The number of rotatable bonds is 5. The van der Waals surface area contributed by atoms with E-state index in [9.17, 15) is 22.0 Å². The first-order valence-electron chi connectivity index (χ1n) is 8.72. The molecule has 1 unspecified atom stereocenters. The summed E-state index contributed by atoms with van der Waals surface area (Å²) in [5.41, 5.74) is -0.0513. The molecule has 3 aromatic rings. The van der Waals surface area contributed by atoms with Gasteiger partial charge in [0.1, 0.15) is 6.54 Å². The minimum absolute atomic E-state index is 0.0185. The molecule has 0 N–H and O–H groups in total. The molecule has 16 heteroatoms. The van der Waals surface area contributed by atoms with Crippen LogP contribution in [0.5, 0.6) is 6.01 Å². The maximum absolute atomic E-state index is 13.7. The molecule has 4 rings (SSSR count). The van der Waals surface area contributed by atoms with E-state index in [1.54, 1.807) is 7.05 Å². The number of fused-ring (bicyclic) bond motifs is 1. The Hall–Kier alpha value is -3.20. The van der Waals surface area contributed by atoms with Crippen molar-refractivity contribution in [3.05, 3.63) is 5.82 Å². The zero-order valence-electron chi connectivity index (χ0n) is 15.7. The lowest BCUT2D eigenvalue weighted by Crippen LogP contribution is -2.32. The van der Waals surface area contributed by atoms with Crippen LogP contribution in [0.15, 0.2) is 0 Å². The second kappa shape index (κ2) is 6.94. The fourth-order valence-electron chi connectivity index (χ4n) is 2.81. The molecule has 0 saturated carbocycles. The zero-order valence-corrected chi connectivity index (χ0v) is 15.7. The van der Waals surface area contributed by atoms with Crippen molar-refractivity contribution in [2.24, 2.45) is 7.05 Å². The van der Waals surface area contributed by atoms with Gasteiger partial charge in [-0.25, -0.2) is 13.5 Å². The van der Waals surface area contributed by atoms with Crippen LogP contribution in [-0.4, -0.2) is 76.5 Å². The molecule has 1 aliphatic heterocycles. The Morgan fingerprint density at radius 2 is 1.97 bits per heavy atom. The van der Waals surface area contributed by atoms with Crippen LogP contribution in [0, 0.1) is 0 Å². The zero-order chi connectivity index (χ0) is 21.7. The van der Waals surface area contributed by atoms with Crippen molar-refractivity contribution in [2.75, 3.05) is 18.0 Å². The van der Waals surface area contributed by atoms with E-state index < -0.39 is 37.2 Å². The van der Waals surface area contributed by atoms with Gasteiger partial charge in [0.05, 0.1) is 6.54 Å². The fourth-order valence-corrected chi connectivity index (χ4v) is 2.81. The summed E-state index contributed by atoms with van der Waals surface area (Å²) in [5, 5.41) is 19.2. The van der Waals surface area contributed by atoms with E-state index in [0.29, 0.717) is 5.82 Å². The highest BCUT2D eigenvalue weighted by atomic mass is 19.4. The first kappa shape index (κ1) is 20.1. The molecule has 162 valence electrons. The highest BCUT2D eigenvalue weighted by Gasteiger charge is 2.41. The smallest absolute Gasteiger partial charge is 0.425 e. The monoisotopic (exact) mass is 434 g/mol. The number of anilines is 1. The average Bonchev–Trinajstić information content (AvgIpc) is 3.32. The number of ether oxygens (including phenoxy) is 1. The van der Waals surface area contributed by atoms with Gasteiger partial charge in [-0.15, -0.1) is 15.3 Å². The van der Waals surface area contributed by atoms with Crippen LogP contribution in [0.3, 0.4) is 0 Å². The minimum Gasteiger partial charge on any atom is -0.451 e. The van der Waals surface area contributed by atoms with E-state index in [2.05, 4.69) is 35.7 Å². The second-order valence-corrected chi connectivity index (χ2v) is 6.78. The third-order valence-corrected chi connectivity index (χ3v) is 4.46. The summed E-state index contributed by atoms with van der Waals surface area (Å²) in [4.78, 5) is 10.2. The molecule has 0 spiro atoms. The van der Waals surface area contributed by atoms with Crippen LogP contribution in [0.2, 0.25) is 0 Å². The van der Waals surface area contributed by atoms with Crippen molar-refractivity contribution in [1.29, 1.82) is 0 Å². The Morgan fingerprint density at radius 1 is 1.20 bits per heavy atom. The Kier molecular flexibility index (Phi) is 4.65. The van der Waals surface area contributed by atoms with Crippen molar-refractivity contribution in [3.63, 3.8) is 0 Å². The Morgan fingerprint density at radius 3 is 2.57 bits per heavy atom. The van der Waals surface area contributed by atoms with E-state index in [-0.39, 0.29) is 30.1 Å². The summed E-state index contributed by atoms with van der Waals surface area (Å²) in [7, 11) is 1.60. The summed E-state index contributed by atoms with van der Waals surface area (Å²) in [5.74, 6) is -2.65. The van der Waals surface area contributed by atoms with Gasteiger partial charge < -0.3 is 9.64 Å². The third-order valence-electron chi connectivity index (χ3n) is 4.46. The first-order chi connectivity index (χ1) is 14.0. The molecule has 1 aliphatic rings. The van der Waals surface area contributed by atoms with E-state index in [0.717, 1.165) is 11.7 Å². The molecule has 4 heterocycles. The molecule has 0 bridgehead atoms. The SMILES string of the molecule is CC(Oc1nc(N2CCC(F)(F)C2)c2nn(Cc3nnnn3C)nc2n1)C(F)(F)F. The summed E-state index contributed by atoms with van der Waals surface area (Å²) < 4.78 is 72.2. The number of aryl methyl sites for hydroxylation is 1. The molecular weight excluding hydrogens is 419 g/mol. The Balaban J connectivity index is 1.74. The van der Waals surface area contributed by atoms with Crippen LogP contribution >= 0.6 is 0 Å². The van der Waals surface area contributed by atoms with Gasteiger partial charge in [-0.2, -0.15) is 27.9 Å². The van der Waals surface area contributed by atoms with Crippen molar-refractivity contribution in [2.45, 2.75) is 38.1 Å². The van der Waals surface area contributed by atoms with E-state index in [1.807, 2.05) is 0 Å². The maximum Gasteiger partial charge on any atom is 0.425 e. The molecule has 0 amide bonds. The lowest BCUT2D eigenvalue weighted by atomic mass is 10.3. The van der Waals surface area contributed by atoms with Gasteiger partial charge in [-0.3, -0.25) is 0 Å². The molecule has 1 saturated heterocycles. The topological polar surface area (TPSA) is 113 Å². The van der Waals surface area contributed by atoms with Gasteiger partial charge >= 0.3 is 12.2 Å². The lowest BCUT2D eigenvalue weighted by Gasteiger charge is -2.19. The minimum atomic E-state index is -4.66.